The summed E-state index contributed by atoms with van der Waals surface area (Å²) in [6.07, 6.45) is 1.33. The maximum absolute atomic E-state index is 11.7. The van der Waals surface area contributed by atoms with E-state index in [1.165, 1.54) is 18.3 Å². The molecule has 2 heterocycles. The molecule has 0 atom stereocenters. The Morgan fingerprint density at radius 3 is 2.62 bits per heavy atom. The fraction of sp³-hybridized carbons (Fsp3) is 0.214. The van der Waals surface area contributed by atoms with Gasteiger partial charge < -0.3 is 20.3 Å². The fourth-order valence-corrected chi connectivity index (χ4v) is 1.76. The van der Waals surface area contributed by atoms with E-state index in [-0.39, 0.29) is 24.0 Å². The summed E-state index contributed by atoms with van der Waals surface area (Å²) in [6, 6.07) is 2.98. The zero-order chi connectivity index (χ0) is 17.7. The number of rotatable bonds is 5. The lowest BCUT2D eigenvalue weighted by atomic mass is 10.3. The lowest BCUT2D eigenvalue weighted by Crippen LogP contribution is -2.12. The van der Waals surface area contributed by atoms with Gasteiger partial charge in [0, 0.05) is 0 Å². The topological polar surface area (TPSA) is 135 Å². The molecule has 0 spiro atoms. The lowest BCUT2D eigenvalue weighted by Gasteiger charge is -2.08. The largest absolute Gasteiger partial charge is 0.501 e. The summed E-state index contributed by atoms with van der Waals surface area (Å²) in [5.74, 6) is -3.13. The molecule has 2 rings (SSSR count). The van der Waals surface area contributed by atoms with Crippen LogP contribution in [0.1, 0.15) is 17.4 Å². The Balaban J connectivity index is 2.35. The minimum atomic E-state index is -0.903. The van der Waals surface area contributed by atoms with E-state index in [1.807, 2.05) is 0 Å². The van der Waals surface area contributed by atoms with Gasteiger partial charge in [0.2, 0.25) is 11.7 Å². The van der Waals surface area contributed by atoms with Crippen molar-refractivity contribution >= 4 is 29.2 Å². The Labute approximate surface area is 141 Å². The van der Waals surface area contributed by atoms with Crippen LogP contribution in [-0.4, -0.2) is 49.5 Å². The summed E-state index contributed by atoms with van der Waals surface area (Å²) >= 11 is 5.39. The Morgan fingerprint density at radius 1 is 1.29 bits per heavy atom. The molecule has 24 heavy (non-hydrogen) atoms. The third-order valence-corrected chi connectivity index (χ3v) is 2.97. The van der Waals surface area contributed by atoms with E-state index in [1.54, 1.807) is 6.92 Å². The molecule has 0 aromatic carbocycles. The van der Waals surface area contributed by atoms with E-state index in [9.17, 15) is 19.8 Å². The van der Waals surface area contributed by atoms with Crippen molar-refractivity contribution in [2.24, 2.45) is 0 Å². The number of aromatic hydroxyl groups is 2. The van der Waals surface area contributed by atoms with Crippen LogP contribution >= 0.6 is 11.6 Å². The Hall–Kier alpha value is -2.94. The van der Waals surface area contributed by atoms with Crippen LogP contribution in [0.2, 0.25) is 0 Å². The fourth-order valence-electron chi connectivity index (χ4n) is 1.69. The standard InChI is InChI=1S/C14H13ClN4O5/c1-2-24-14(23)10-11(21)13(22)19-12(18-10)8-4-3-7(6-16-8)17-9(20)5-15/h3-4,6,21H,2,5H2,1H3,(H,17,20)(H,18,19,22). The molecule has 0 saturated carbocycles. The molecular formula is C14H13ClN4O5. The number of hydrogen-bond acceptors (Lipinski definition) is 8. The van der Waals surface area contributed by atoms with E-state index in [4.69, 9.17) is 16.3 Å². The number of ether oxygens (including phenoxy) is 1. The Kier molecular flexibility index (Phi) is 5.48. The summed E-state index contributed by atoms with van der Waals surface area (Å²) < 4.78 is 4.75. The van der Waals surface area contributed by atoms with Crippen LogP contribution in [-0.2, 0) is 9.53 Å². The molecule has 0 radical (unpaired) electrons. The Bertz CT molecular complexity index is 767. The predicted molar refractivity (Wildman–Crippen MR) is 83.9 cm³/mol. The van der Waals surface area contributed by atoms with Crippen molar-refractivity contribution in [2.45, 2.75) is 6.92 Å². The number of pyridine rings is 1. The summed E-state index contributed by atoms with van der Waals surface area (Å²) in [5, 5.41) is 21.8. The molecule has 3 N–H and O–H groups in total. The summed E-state index contributed by atoms with van der Waals surface area (Å²) in [4.78, 5) is 34.5. The number of carbonyl (C=O) groups excluding carboxylic acids is 2. The molecule has 0 aliphatic heterocycles. The van der Waals surface area contributed by atoms with E-state index in [0.29, 0.717) is 5.69 Å². The molecule has 1 amide bonds. The number of hydrogen-bond donors (Lipinski definition) is 3. The smallest absolute Gasteiger partial charge is 0.361 e. The monoisotopic (exact) mass is 352 g/mol. The first kappa shape index (κ1) is 17.4. The highest BCUT2D eigenvalue weighted by Gasteiger charge is 2.21. The molecule has 10 heteroatoms. The van der Waals surface area contributed by atoms with Crippen molar-refractivity contribution in [2.75, 3.05) is 17.8 Å². The first-order valence-corrected chi connectivity index (χ1v) is 7.29. The van der Waals surface area contributed by atoms with E-state index in [0.717, 1.165) is 0 Å². The number of halogens is 1. The maximum Gasteiger partial charge on any atom is 0.361 e. The normalized spacial score (nSPS) is 10.2. The molecule has 0 unspecified atom stereocenters. The molecule has 2 aromatic rings. The number of nitrogens with one attached hydrogen (secondary N) is 1. The zero-order valence-electron chi connectivity index (χ0n) is 12.5. The van der Waals surface area contributed by atoms with Gasteiger partial charge in [0.05, 0.1) is 18.5 Å². The third kappa shape index (κ3) is 3.87. The van der Waals surface area contributed by atoms with Gasteiger partial charge in [-0.1, -0.05) is 0 Å². The van der Waals surface area contributed by atoms with Gasteiger partial charge in [-0.15, -0.1) is 11.6 Å². The van der Waals surface area contributed by atoms with Gasteiger partial charge in [-0.2, -0.15) is 4.98 Å². The second-order valence-corrected chi connectivity index (χ2v) is 4.67. The van der Waals surface area contributed by atoms with Crippen molar-refractivity contribution in [1.82, 2.24) is 15.0 Å². The minimum absolute atomic E-state index is 0.0750. The van der Waals surface area contributed by atoms with Gasteiger partial charge in [-0.25, -0.2) is 9.78 Å². The summed E-state index contributed by atoms with van der Waals surface area (Å²) in [5.41, 5.74) is 0.137. The number of amides is 1. The number of aromatic nitrogens is 3. The second kappa shape index (κ2) is 7.55. The molecule has 0 aliphatic carbocycles. The van der Waals surface area contributed by atoms with Gasteiger partial charge in [-0.3, -0.25) is 9.78 Å². The highest BCUT2D eigenvalue weighted by Crippen LogP contribution is 2.28. The van der Waals surface area contributed by atoms with Crippen LogP contribution < -0.4 is 5.32 Å². The first-order valence-electron chi connectivity index (χ1n) is 6.75. The van der Waals surface area contributed by atoms with E-state index < -0.39 is 29.2 Å². The molecule has 0 bridgehead atoms. The van der Waals surface area contributed by atoms with Crippen molar-refractivity contribution < 1.29 is 24.5 Å². The zero-order valence-corrected chi connectivity index (χ0v) is 13.2. The van der Waals surface area contributed by atoms with E-state index in [2.05, 4.69) is 20.3 Å². The quantitative estimate of drug-likeness (QED) is 0.541. The first-order chi connectivity index (χ1) is 11.5. The van der Waals surface area contributed by atoms with Crippen LogP contribution in [0.4, 0.5) is 5.69 Å². The number of esters is 1. The van der Waals surface area contributed by atoms with Gasteiger partial charge in [0.15, 0.2) is 11.5 Å². The van der Waals surface area contributed by atoms with Gasteiger partial charge >= 0.3 is 5.97 Å². The number of nitrogens with zero attached hydrogens (tertiary/aromatic N) is 3. The Morgan fingerprint density at radius 2 is 2.04 bits per heavy atom. The SMILES string of the molecule is CCOC(=O)c1nc(-c2ccc(NC(=O)CCl)cn2)nc(O)c1O. The van der Waals surface area contributed by atoms with Crippen LogP contribution in [0, 0.1) is 0 Å². The van der Waals surface area contributed by atoms with Crippen LogP contribution in [0.5, 0.6) is 11.6 Å². The predicted octanol–water partition coefficient (Wildman–Crippen LogP) is 1.30. The van der Waals surface area contributed by atoms with Crippen molar-refractivity contribution in [3.8, 4) is 23.1 Å². The third-order valence-electron chi connectivity index (χ3n) is 2.73. The molecule has 0 saturated heterocycles. The average Bonchev–Trinajstić information content (AvgIpc) is 2.58. The van der Waals surface area contributed by atoms with Crippen LogP contribution in [0.3, 0.4) is 0 Å². The molecule has 9 nitrogen and oxygen atoms in total. The maximum atomic E-state index is 11.7. The average molecular weight is 353 g/mol. The highest BCUT2D eigenvalue weighted by molar-refractivity contribution is 6.29. The highest BCUT2D eigenvalue weighted by atomic mass is 35.5. The van der Waals surface area contributed by atoms with Crippen molar-refractivity contribution in [3.63, 3.8) is 0 Å². The van der Waals surface area contributed by atoms with Gasteiger partial charge in [0.1, 0.15) is 11.6 Å². The number of carbonyl (C=O) groups is 2. The lowest BCUT2D eigenvalue weighted by molar-refractivity contribution is -0.113. The van der Waals surface area contributed by atoms with Crippen molar-refractivity contribution in [3.05, 3.63) is 24.0 Å². The molecule has 0 aliphatic rings. The van der Waals surface area contributed by atoms with Crippen molar-refractivity contribution in [1.29, 1.82) is 0 Å². The second-order valence-electron chi connectivity index (χ2n) is 4.40. The van der Waals surface area contributed by atoms with Gasteiger partial charge in [-0.05, 0) is 19.1 Å². The molecule has 0 fully saturated rings. The minimum Gasteiger partial charge on any atom is -0.501 e. The van der Waals surface area contributed by atoms with Crippen LogP contribution in [0.25, 0.3) is 11.5 Å². The summed E-state index contributed by atoms with van der Waals surface area (Å²) in [6.45, 7) is 1.66. The molecular weight excluding hydrogens is 340 g/mol. The summed E-state index contributed by atoms with van der Waals surface area (Å²) in [7, 11) is 0. The number of anilines is 1. The molecule has 126 valence electrons. The molecule has 2 aromatic heterocycles. The van der Waals surface area contributed by atoms with E-state index >= 15 is 0 Å². The number of alkyl halides is 1. The van der Waals surface area contributed by atoms with Gasteiger partial charge in [0.25, 0.3) is 5.88 Å². The van der Waals surface area contributed by atoms with Crippen LogP contribution in [0.15, 0.2) is 18.3 Å².